The largest absolute Gasteiger partial charge is 0.478 e. The van der Waals surface area contributed by atoms with E-state index in [4.69, 9.17) is 5.11 Å². The summed E-state index contributed by atoms with van der Waals surface area (Å²) in [5.74, 6) is -0.978. The maximum absolute atomic E-state index is 11.0. The molecule has 0 fully saturated rings. The maximum atomic E-state index is 11.0. The van der Waals surface area contributed by atoms with Crippen molar-refractivity contribution in [1.29, 1.82) is 0 Å². The number of nitrogens with one attached hydrogen (secondary N) is 1. The molecule has 0 saturated carbocycles. The summed E-state index contributed by atoms with van der Waals surface area (Å²) in [5, 5.41) is 13.1. The average molecular weight is 254 g/mol. The van der Waals surface area contributed by atoms with Crippen LogP contribution in [0, 0.1) is 6.92 Å². The van der Waals surface area contributed by atoms with E-state index in [9.17, 15) is 4.79 Å². The third-order valence-corrected chi connectivity index (χ3v) is 2.60. The summed E-state index contributed by atoms with van der Waals surface area (Å²) in [4.78, 5) is 11.0. The third-order valence-electron chi connectivity index (χ3n) is 2.60. The summed E-state index contributed by atoms with van der Waals surface area (Å²) < 4.78 is 0. The number of aryl methyl sites for hydroxylation is 1. The van der Waals surface area contributed by atoms with E-state index in [1.807, 2.05) is 31.2 Å². The third kappa shape index (κ3) is 3.42. The van der Waals surface area contributed by atoms with Gasteiger partial charge in [-0.3, -0.25) is 5.43 Å². The van der Waals surface area contributed by atoms with E-state index in [0.29, 0.717) is 5.69 Å². The van der Waals surface area contributed by atoms with Crippen LogP contribution < -0.4 is 5.43 Å². The van der Waals surface area contributed by atoms with Gasteiger partial charge < -0.3 is 5.11 Å². The number of benzene rings is 2. The maximum Gasteiger partial charge on any atom is 0.337 e. The standard InChI is InChI=1S/C15H14N2O2/c1-11-5-4-6-12(9-11)10-16-17-14-8-3-2-7-13(14)15(18)19/h2-10,17H,1H3,(H,18,19)/b16-10+. The van der Waals surface area contributed by atoms with Crippen molar-refractivity contribution >= 4 is 17.9 Å². The first-order valence-corrected chi connectivity index (χ1v) is 5.85. The normalized spacial score (nSPS) is 10.6. The second kappa shape index (κ2) is 5.82. The van der Waals surface area contributed by atoms with E-state index < -0.39 is 5.97 Å². The molecule has 0 saturated heterocycles. The van der Waals surface area contributed by atoms with Crippen LogP contribution in [0.1, 0.15) is 21.5 Å². The Morgan fingerprint density at radius 2 is 2.00 bits per heavy atom. The van der Waals surface area contributed by atoms with Gasteiger partial charge in [0.15, 0.2) is 0 Å². The van der Waals surface area contributed by atoms with Gasteiger partial charge in [-0.2, -0.15) is 5.10 Å². The van der Waals surface area contributed by atoms with Crippen molar-refractivity contribution in [3.05, 3.63) is 65.2 Å². The predicted octanol–water partition coefficient (Wildman–Crippen LogP) is 3.14. The molecule has 0 aliphatic heterocycles. The number of hydrogen-bond acceptors (Lipinski definition) is 3. The van der Waals surface area contributed by atoms with Crippen molar-refractivity contribution in [3.8, 4) is 0 Å². The van der Waals surface area contributed by atoms with E-state index in [2.05, 4.69) is 10.5 Å². The molecule has 4 heteroatoms. The van der Waals surface area contributed by atoms with Crippen molar-refractivity contribution in [3.63, 3.8) is 0 Å². The number of nitrogens with zero attached hydrogens (tertiary/aromatic N) is 1. The van der Waals surface area contributed by atoms with Crippen LogP contribution in [0.15, 0.2) is 53.6 Å². The summed E-state index contributed by atoms with van der Waals surface area (Å²) in [7, 11) is 0. The molecule has 0 bridgehead atoms. The number of carboxylic acids is 1. The molecule has 96 valence electrons. The monoisotopic (exact) mass is 254 g/mol. The molecule has 0 spiro atoms. The Morgan fingerprint density at radius 3 is 2.74 bits per heavy atom. The Bertz CT molecular complexity index is 621. The van der Waals surface area contributed by atoms with Crippen LogP contribution >= 0.6 is 0 Å². The van der Waals surface area contributed by atoms with Crippen LogP contribution in [-0.2, 0) is 0 Å². The quantitative estimate of drug-likeness (QED) is 0.651. The van der Waals surface area contributed by atoms with E-state index in [1.54, 1.807) is 24.4 Å². The van der Waals surface area contributed by atoms with Gasteiger partial charge >= 0.3 is 5.97 Å². The Balaban J connectivity index is 2.13. The minimum Gasteiger partial charge on any atom is -0.478 e. The number of hydrazone groups is 1. The van der Waals surface area contributed by atoms with Crippen molar-refractivity contribution in [2.24, 2.45) is 5.10 Å². The zero-order valence-electron chi connectivity index (χ0n) is 10.5. The molecule has 19 heavy (non-hydrogen) atoms. The highest BCUT2D eigenvalue weighted by Crippen LogP contribution is 2.14. The van der Waals surface area contributed by atoms with E-state index in [1.165, 1.54) is 6.07 Å². The van der Waals surface area contributed by atoms with Crippen molar-refractivity contribution in [1.82, 2.24) is 0 Å². The molecule has 0 aliphatic rings. The lowest BCUT2D eigenvalue weighted by Gasteiger charge is -2.04. The Hall–Kier alpha value is -2.62. The highest BCUT2D eigenvalue weighted by Gasteiger charge is 2.07. The van der Waals surface area contributed by atoms with Gasteiger partial charge in [-0.05, 0) is 24.6 Å². The second-order valence-corrected chi connectivity index (χ2v) is 4.13. The fourth-order valence-electron chi connectivity index (χ4n) is 1.69. The second-order valence-electron chi connectivity index (χ2n) is 4.13. The minimum absolute atomic E-state index is 0.198. The molecule has 0 aromatic heterocycles. The highest BCUT2D eigenvalue weighted by atomic mass is 16.4. The van der Waals surface area contributed by atoms with Crippen LogP contribution in [0.3, 0.4) is 0 Å². The Labute approximate surface area is 111 Å². The SMILES string of the molecule is Cc1cccc(/C=N/Nc2ccccc2C(=O)O)c1. The molecule has 2 rings (SSSR count). The highest BCUT2D eigenvalue weighted by molar-refractivity contribution is 5.94. The molecule has 0 atom stereocenters. The van der Waals surface area contributed by atoms with Crippen molar-refractivity contribution in [2.75, 3.05) is 5.43 Å². The fourth-order valence-corrected chi connectivity index (χ4v) is 1.69. The lowest BCUT2D eigenvalue weighted by molar-refractivity contribution is 0.0698. The van der Waals surface area contributed by atoms with Gasteiger partial charge in [-0.15, -0.1) is 0 Å². The number of carboxylic acid groups (broad SMARTS) is 1. The molecule has 0 unspecified atom stereocenters. The van der Waals surface area contributed by atoms with Crippen LogP contribution in [0.4, 0.5) is 5.69 Å². The lowest BCUT2D eigenvalue weighted by atomic mass is 10.1. The van der Waals surface area contributed by atoms with Gasteiger partial charge in [0.1, 0.15) is 0 Å². The molecule has 0 aliphatic carbocycles. The number of aromatic carboxylic acids is 1. The summed E-state index contributed by atoms with van der Waals surface area (Å²) >= 11 is 0. The molecular weight excluding hydrogens is 240 g/mol. The van der Waals surface area contributed by atoms with Crippen LogP contribution in [0.25, 0.3) is 0 Å². The molecule has 0 amide bonds. The Kier molecular flexibility index (Phi) is 3.93. The number of rotatable bonds is 4. The molecule has 2 aromatic rings. The minimum atomic E-state index is -0.978. The Morgan fingerprint density at radius 1 is 1.21 bits per heavy atom. The van der Waals surface area contributed by atoms with Crippen molar-refractivity contribution < 1.29 is 9.90 Å². The molecule has 0 heterocycles. The molecule has 2 aromatic carbocycles. The topological polar surface area (TPSA) is 61.7 Å². The molecule has 2 N–H and O–H groups in total. The smallest absolute Gasteiger partial charge is 0.337 e. The predicted molar refractivity (Wildman–Crippen MR) is 75.8 cm³/mol. The van der Waals surface area contributed by atoms with Gasteiger partial charge in [-0.25, -0.2) is 4.79 Å². The first-order valence-electron chi connectivity index (χ1n) is 5.85. The number of para-hydroxylation sites is 1. The van der Waals surface area contributed by atoms with E-state index in [0.717, 1.165) is 11.1 Å². The number of hydrogen-bond donors (Lipinski definition) is 2. The molecule has 4 nitrogen and oxygen atoms in total. The summed E-state index contributed by atoms with van der Waals surface area (Å²) in [5.41, 5.74) is 5.53. The molecule has 0 radical (unpaired) electrons. The number of anilines is 1. The first-order chi connectivity index (χ1) is 9.16. The van der Waals surface area contributed by atoms with Crippen LogP contribution in [0.2, 0.25) is 0 Å². The zero-order valence-corrected chi connectivity index (χ0v) is 10.5. The van der Waals surface area contributed by atoms with Gasteiger partial charge in [0.2, 0.25) is 0 Å². The lowest BCUT2D eigenvalue weighted by Crippen LogP contribution is -2.02. The zero-order chi connectivity index (χ0) is 13.7. The summed E-state index contributed by atoms with van der Waals surface area (Å²) in [6, 6.07) is 14.5. The molecular formula is C15H14N2O2. The fraction of sp³-hybridized carbons (Fsp3) is 0.0667. The van der Waals surface area contributed by atoms with E-state index in [-0.39, 0.29) is 5.56 Å². The summed E-state index contributed by atoms with van der Waals surface area (Å²) in [6.45, 7) is 2.00. The van der Waals surface area contributed by atoms with Gasteiger partial charge in [0.05, 0.1) is 17.5 Å². The van der Waals surface area contributed by atoms with Gasteiger partial charge in [0, 0.05) is 0 Å². The number of carbonyl (C=O) groups is 1. The summed E-state index contributed by atoms with van der Waals surface area (Å²) in [6.07, 6.45) is 1.66. The van der Waals surface area contributed by atoms with Gasteiger partial charge in [0.25, 0.3) is 0 Å². The first kappa shape index (κ1) is 12.8. The van der Waals surface area contributed by atoms with Crippen LogP contribution in [-0.4, -0.2) is 17.3 Å². The van der Waals surface area contributed by atoms with Gasteiger partial charge in [-0.1, -0.05) is 42.0 Å². The van der Waals surface area contributed by atoms with E-state index >= 15 is 0 Å². The van der Waals surface area contributed by atoms with Crippen LogP contribution in [0.5, 0.6) is 0 Å². The van der Waals surface area contributed by atoms with Crippen molar-refractivity contribution in [2.45, 2.75) is 6.92 Å². The average Bonchev–Trinajstić information content (AvgIpc) is 2.39.